The van der Waals surface area contributed by atoms with Crippen LogP contribution in [0.25, 0.3) is 22.4 Å². The number of H-pyrrole nitrogens is 1. The number of rotatable bonds is 6. The Morgan fingerprint density at radius 2 is 1.93 bits per heavy atom. The third-order valence-electron chi connectivity index (χ3n) is 4.54. The number of imidazole rings is 1. The van der Waals surface area contributed by atoms with Gasteiger partial charge in [-0.2, -0.15) is 4.98 Å². The zero-order valence-electron chi connectivity index (χ0n) is 15.8. The van der Waals surface area contributed by atoms with Crippen LogP contribution in [0.5, 0.6) is 0 Å². The molecule has 7 heteroatoms. The van der Waals surface area contributed by atoms with Crippen molar-refractivity contribution in [2.45, 2.75) is 32.7 Å². The number of carbonyl (C=O) groups excluding carboxylic acids is 1. The molecule has 0 fully saturated rings. The maximum Gasteiger partial charge on any atom is 0.227 e. The van der Waals surface area contributed by atoms with E-state index in [-0.39, 0.29) is 18.4 Å². The highest BCUT2D eigenvalue weighted by atomic mass is 16.5. The number of nitrogens with one attached hydrogen (secondary N) is 2. The minimum Gasteiger partial charge on any atom is -0.346 e. The average Bonchev–Trinajstić information content (AvgIpc) is 3.34. The van der Waals surface area contributed by atoms with Crippen LogP contribution in [-0.4, -0.2) is 26.0 Å². The Labute approximate surface area is 162 Å². The quantitative estimate of drug-likeness (QED) is 0.535. The summed E-state index contributed by atoms with van der Waals surface area (Å²) in [4.78, 5) is 24.4. The molecule has 2 aromatic heterocycles. The minimum absolute atomic E-state index is 0.0944. The van der Waals surface area contributed by atoms with Crippen LogP contribution in [0.15, 0.2) is 53.1 Å². The van der Waals surface area contributed by atoms with Crippen molar-refractivity contribution in [3.8, 4) is 11.4 Å². The van der Waals surface area contributed by atoms with E-state index in [9.17, 15) is 4.79 Å². The standard InChI is InChI=1S/C21H21N5O2/c1-13-7-9-15(10-8-13)21-25-19(28-26-21)12-11-18(27)22-14(2)20-23-16-5-3-4-6-17(16)24-20/h3-10,14H,11-12H2,1-2H3,(H,22,27)(H,23,24)/t14-/m0/s1. The van der Waals surface area contributed by atoms with Crippen molar-refractivity contribution in [2.24, 2.45) is 0 Å². The highest BCUT2D eigenvalue weighted by Gasteiger charge is 2.15. The van der Waals surface area contributed by atoms with Crippen LogP contribution in [0, 0.1) is 6.92 Å². The third-order valence-corrected chi connectivity index (χ3v) is 4.54. The van der Waals surface area contributed by atoms with Crippen LogP contribution < -0.4 is 5.32 Å². The van der Waals surface area contributed by atoms with Gasteiger partial charge in [-0.15, -0.1) is 0 Å². The van der Waals surface area contributed by atoms with Gasteiger partial charge < -0.3 is 14.8 Å². The summed E-state index contributed by atoms with van der Waals surface area (Å²) in [5.41, 5.74) is 3.90. The van der Waals surface area contributed by atoms with Crippen molar-refractivity contribution in [3.05, 3.63) is 65.8 Å². The van der Waals surface area contributed by atoms with Gasteiger partial charge in [-0.1, -0.05) is 47.1 Å². The molecule has 0 aliphatic carbocycles. The summed E-state index contributed by atoms with van der Waals surface area (Å²) in [6, 6.07) is 15.5. The molecule has 0 bridgehead atoms. The zero-order valence-corrected chi connectivity index (χ0v) is 15.8. The van der Waals surface area contributed by atoms with Crippen molar-refractivity contribution in [2.75, 3.05) is 0 Å². The number of para-hydroxylation sites is 2. The van der Waals surface area contributed by atoms with Gasteiger partial charge in [0.2, 0.25) is 17.6 Å². The van der Waals surface area contributed by atoms with Crippen LogP contribution in [0.2, 0.25) is 0 Å². The van der Waals surface area contributed by atoms with Crippen LogP contribution >= 0.6 is 0 Å². The van der Waals surface area contributed by atoms with Gasteiger partial charge in [0, 0.05) is 18.4 Å². The molecule has 2 N–H and O–H groups in total. The molecule has 142 valence electrons. The summed E-state index contributed by atoms with van der Waals surface area (Å²) in [5, 5.41) is 6.94. The molecular weight excluding hydrogens is 354 g/mol. The van der Waals surface area contributed by atoms with Gasteiger partial charge in [0.15, 0.2) is 0 Å². The van der Waals surface area contributed by atoms with E-state index in [4.69, 9.17) is 4.52 Å². The van der Waals surface area contributed by atoms with E-state index in [2.05, 4.69) is 25.4 Å². The molecule has 0 aliphatic heterocycles. The minimum atomic E-state index is -0.217. The van der Waals surface area contributed by atoms with E-state index in [1.54, 1.807) is 0 Å². The third kappa shape index (κ3) is 3.93. The first kappa shape index (κ1) is 17.9. The molecule has 0 spiro atoms. The second-order valence-electron chi connectivity index (χ2n) is 6.81. The smallest absolute Gasteiger partial charge is 0.227 e. The van der Waals surface area contributed by atoms with E-state index in [1.165, 1.54) is 5.56 Å². The molecule has 0 unspecified atom stereocenters. The van der Waals surface area contributed by atoms with Crippen LogP contribution in [0.3, 0.4) is 0 Å². The maximum absolute atomic E-state index is 12.3. The number of aromatic amines is 1. The van der Waals surface area contributed by atoms with Gasteiger partial charge in [0.1, 0.15) is 5.82 Å². The number of amides is 1. The van der Waals surface area contributed by atoms with Gasteiger partial charge in [-0.3, -0.25) is 4.79 Å². The first-order chi connectivity index (χ1) is 13.6. The lowest BCUT2D eigenvalue weighted by Gasteiger charge is -2.10. The number of nitrogens with zero attached hydrogens (tertiary/aromatic N) is 3. The second kappa shape index (κ2) is 7.64. The Morgan fingerprint density at radius 1 is 1.14 bits per heavy atom. The Morgan fingerprint density at radius 3 is 2.71 bits per heavy atom. The average molecular weight is 375 g/mol. The lowest BCUT2D eigenvalue weighted by molar-refractivity contribution is -0.121. The summed E-state index contributed by atoms with van der Waals surface area (Å²) in [5.74, 6) is 1.62. The Bertz CT molecular complexity index is 1060. The molecule has 0 saturated carbocycles. The van der Waals surface area contributed by atoms with Crippen LogP contribution in [0.1, 0.15) is 36.7 Å². The molecule has 0 saturated heterocycles. The molecule has 7 nitrogen and oxygen atoms in total. The summed E-state index contributed by atoms with van der Waals surface area (Å²) in [6.45, 7) is 3.92. The highest BCUT2D eigenvalue weighted by molar-refractivity contribution is 5.77. The predicted octanol–water partition coefficient (Wildman–Crippen LogP) is 3.73. The first-order valence-corrected chi connectivity index (χ1v) is 9.22. The molecule has 0 radical (unpaired) electrons. The molecule has 4 aromatic rings. The van der Waals surface area contributed by atoms with Gasteiger partial charge in [-0.05, 0) is 26.0 Å². The first-order valence-electron chi connectivity index (χ1n) is 9.22. The van der Waals surface area contributed by atoms with Gasteiger partial charge >= 0.3 is 0 Å². The summed E-state index contributed by atoms with van der Waals surface area (Å²) in [6.07, 6.45) is 0.650. The van der Waals surface area contributed by atoms with Crippen molar-refractivity contribution >= 4 is 16.9 Å². The van der Waals surface area contributed by atoms with E-state index in [0.717, 1.165) is 22.4 Å². The van der Waals surface area contributed by atoms with E-state index in [1.807, 2.05) is 62.4 Å². The van der Waals surface area contributed by atoms with Gasteiger partial charge in [-0.25, -0.2) is 4.98 Å². The Balaban J connectivity index is 1.33. The Kier molecular flexibility index (Phi) is 4.89. The number of carbonyl (C=O) groups is 1. The molecule has 1 amide bonds. The van der Waals surface area contributed by atoms with E-state index in [0.29, 0.717) is 18.1 Å². The number of aromatic nitrogens is 4. The molecular formula is C21H21N5O2. The van der Waals surface area contributed by atoms with Crippen molar-refractivity contribution in [3.63, 3.8) is 0 Å². The molecule has 1 atom stereocenters. The second-order valence-corrected chi connectivity index (χ2v) is 6.81. The van der Waals surface area contributed by atoms with E-state index < -0.39 is 0 Å². The summed E-state index contributed by atoms with van der Waals surface area (Å²) in [7, 11) is 0. The fourth-order valence-electron chi connectivity index (χ4n) is 2.96. The Hall–Kier alpha value is -3.48. The SMILES string of the molecule is Cc1ccc(-c2noc(CCC(=O)N[C@@H](C)c3nc4ccccc4[nH]3)n2)cc1. The van der Waals surface area contributed by atoms with Crippen LogP contribution in [0.4, 0.5) is 0 Å². The van der Waals surface area contributed by atoms with Gasteiger partial charge in [0.25, 0.3) is 0 Å². The molecule has 4 rings (SSSR count). The molecule has 2 aromatic carbocycles. The predicted molar refractivity (Wildman–Crippen MR) is 105 cm³/mol. The highest BCUT2D eigenvalue weighted by Crippen LogP contribution is 2.18. The fourth-order valence-corrected chi connectivity index (χ4v) is 2.96. The fraction of sp³-hybridized carbons (Fsp3) is 0.238. The van der Waals surface area contributed by atoms with Crippen molar-refractivity contribution < 1.29 is 9.32 Å². The van der Waals surface area contributed by atoms with Crippen LogP contribution in [-0.2, 0) is 11.2 Å². The van der Waals surface area contributed by atoms with Crippen molar-refractivity contribution in [1.82, 2.24) is 25.4 Å². The topological polar surface area (TPSA) is 96.7 Å². The number of fused-ring (bicyclic) bond motifs is 1. The lowest BCUT2D eigenvalue weighted by Crippen LogP contribution is -2.27. The van der Waals surface area contributed by atoms with Crippen molar-refractivity contribution in [1.29, 1.82) is 0 Å². The molecule has 28 heavy (non-hydrogen) atoms. The molecule has 2 heterocycles. The zero-order chi connectivity index (χ0) is 19.5. The monoisotopic (exact) mass is 375 g/mol. The normalized spacial score (nSPS) is 12.2. The summed E-state index contributed by atoms with van der Waals surface area (Å²) < 4.78 is 5.27. The molecule has 0 aliphatic rings. The van der Waals surface area contributed by atoms with E-state index >= 15 is 0 Å². The summed E-state index contributed by atoms with van der Waals surface area (Å²) >= 11 is 0. The van der Waals surface area contributed by atoms with Gasteiger partial charge in [0.05, 0.1) is 17.1 Å². The largest absolute Gasteiger partial charge is 0.346 e. The maximum atomic E-state index is 12.3. The lowest BCUT2D eigenvalue weighted by atomic mass is 10.1. The number of aryl methyl sites for hydroxylation is 2. The number of hydrogen-bond donors (Lipinski definition) is 2. The number of benzene rings is 2. The number of hydrogen-bond acceptors (Lipinski definition) is 5.